The van der Waals surface area contributed by atoms with Crippen molar-refractivity contribution < 1.29 is 14.3 Å². The van der Waals surface area contributed by atoms with E-state index >= 15 is 0 Å². The van der Waals surface area contributed by atoms with Crippen molar-refractivity contribution in [2.45, 2.75) is 13.3 Å². The van der Waals surface area contributed by atoms with Crippen molar-refractivity contribution in [2.24, 2.45) is 0 Å². The third-order valence-electron chi connectivity index (χ3n) is 5.34. The second-order valence-corrected chi connectivity index (χ2v) is 7.37. The van der Waals surface area contributed by atoms with Gasteiger partial charge in [0.2, 0.25) is 12.7 Å². The van der Waals surface area contributed by atoms with Gasteiger partial charge in [0, 0.05) is 38.4 Å². The number of piperazine rings is 1. The Morgan fingerprint density at radius 3 is 2.60 bits per heavy atom. The van der Waals surface area contributed by atoms with E-state index in [4.69, 9.17) is 9.47 Å². The number of fused-ring (bicyclic) bond motifs is 1. The minimum Gasteiger partial charge on any atom is -0.454 e. The number of ether oxygens (including phenoxy) is 2. The quantitative estimate of drug-likeness (QED) is 0.650. The highest BCUT2D eigenvalue weighted by Crippen LogP contribution is 2.32. The molecule has 2 aliphatic rings. The van der Waals surface area contributed by atoms with Gasteiger partial charge in [0.05, 0.1) is 12.1 Å². The third kappa shape index (κ3) is 3.66. The molecule has 0 unspecified atom stereocenters. The van der Waals surface area contributed by atoms with Crippen LogP contribution in [0.1, 0.15) is 11.3 Å². The van der Waals surface area contributed by atoms with Crippen molar-refractivity contribution in [3.8, 4) is 17.3 Å². The van der Waals surface area contributed by atoms with Gasteiger partial charge >= 0.3 is 0 Å². The van der Waals surface area contributed by atoms with Crippen LogP contribution in [0.2, 0.25) is 0 Å². The predicted molar refractivity (Wildman–Crippen MR) is 109 cm³/mol. The van der Waals surface area contributed by atoms with Gasteiger partial charge < -0.3 is 19.3 Å². The minimum atomic E-state index is 0.115. The summed E-state index contributed by atoms with van der Waals surface area (Å²) < 4.78 is 12.5. The summed E-state index contributed by atoms with van der Waals surface area (Å²) in [7, 11) is 0. The van der Waals surface area contributed by atoms with Crippen LogP contribution in [-0.2, 0) is 11.2 Å². The van der Waals surface area contributed by atoms with Gasteiger partial charge in [-0.2, -0.15) is 5.10 Å². The molecule has 1 saturated heterocycles. The van der Waals surface area contributed by atoms with Crippen molar-refractivity contribution in [2.75, 3.05) is 37.9 Å². The molecule has 154 valence electrons. The molecule has 1 amide bonds. The van der Waals surface area contributed by atoms with Crippen LogP contribution in [-0.4, -0.2) is 63.5 Å². The number of carbonyl (C=O) groups excluding carboxylic acids is 1. The lowest BCUT2D eigenvalue weighted by Gasteiger charge is -2.35. The molecule has 0 spiro atoms. The molecule has 0 radical (unpaired) electrons. The van der Waals surface area contributed by atoms with Crippen molar-refractivity contribution in [1.82, 2.24) is 24.6 Å². The molecule has 5 rings (SSSR count). The van der Waals surface area contributed by atoms with Crippen LogP contribution in [0.3, 0.4) is 0 Å². The topological polar surface area (TPSA) is 85.6 Å². The summed E-state index contributed by atoms with van der Waals surface area (Å²) in [5.41, 5.74) is 1.87. The molecular weight excluding hydrogens is 384 g/mol. The number of rotatable bonds is 4. The van der Waals surface area contributed by atoms with Gasteiger partial charge in [0.1, 0.15) is 12.1 Å². The van der Waals surface area contributed by atoms with Crippen LogP contribution in [0.5, 0.6) is 11.5 Å². The average Bonchev–Trinajstić information content (AvgIpc) is 3.42. The molecule has 0 aliphatic carbocycles. The predicted octanol–water partition coefficient (Wildman–Crippen LogP) is 1.59. The number of aryl methyl sites for hydroxylation is 1. The first kappa shape index (κ1) is 18.4. The maximum atomic E-state index is 12.8. The van der Waals surface area contributed by atoms with Crippen molar-refractivity contribution in [3.63, 3.8) is 0 Å². The molecule has 1 fully saturated rings. The Balaban J connectivity index is 1.20. The monoisotopic (exact) mass is 406 g/mol. The Bertz CT molecular complexity index is 1070. The van der Waals surface area contributed by atoms with E-state index in [1.165, 1.54) is 0 Å². The second kappa shape index (κ2) is 7.66. The number of nitrogens with zero attached hydrogens (tertiary/aromatic N) is 6. The Morgan fingerprint density at radius 1 is 1.00 bits per heavy atom. The van der Waals surface area contributed by atoms with Gasteiger partial charge in [-0.3, -0.25) is 4.79 Å². The maximum absolute atomic E-state index is 12.8. The number of carbonyl (C=O) groups is 1. The van der Waals surface area contributed by atoms with Crippen LogP contribution in [0.25, 0.3) is 5.82 Å². The molecular formula is C21H22N6O3. The second-order valence-electron chi connectivity index (χ2n) is 7.37. The molecule has 2 aliphatic heterocycles. The van der Waals surface area contributed by atoms with Gasteiger partial charge in [-0.15, -0.1) is 0 Å². The summed E-state index contributed by atoms with van der Waals surface area (Å²) in [5.74, 6) is 3.13. The van der Waals surface area contributed by atoms with E-state index in [1.54, 1.807) is 11.0 Å². The average molecular weight is 406 g/mol. The number of hydrogen-bond donors (Lipinski definition) is 0. The van der Waals surface area contributed by atoms with Crippen molar-refractivity contribution in [3.05, 3.63) is 54.1 Å². The molecule has 9 nitrogen and oxygen atoms in total. The molecule has 0 atom stereocenters. The maximum Gasteiger partial charge on any atom is 0.231 e. The van der Waals surface area contributed by atoms with E-state index < -0.39 is 0 Å². The first-order chi connectivity index (χ1) is 14.7. The molecule has 1 aromatic carbocycles. The normalized spacial score (nSPS) is 15.5. The van der Waals surface area contributed by atoms with Gasteiger partial charge in [-0.25, -0.2) is 14.6 Å². The lowest BCUT2D eigenvalue weighted by Crippen LogP contribution is -2.49. The molecule has 4 heterocycles. The lowest BCUT2D eigenvalue weighted by atomic mass is 10.1. The van der Waals surface area contributed by atoms with Crippen LogP contribution in [0, 0.1) is 6.92 Å². The summed E-state index contributed by atoms with van der Waals surface area (Å²) in [4.78, 5) is 25.5. The first-order valence-corrected chi connectivity index (χ1v) is 9.92. The zero-order valence-corrected chi connectivity index (χ0v) is 16.7. The van der Waals surface area contributed by atoms with E-state index in [2.05, 4.69) is 20.0 Å². The minimum absolute atomic E-state index is 0.115. The molecule has 0 bridgehead atoms. The largest absolute Gasteiger partial charge is 0.454 e. The van der Waals surface area contributed by atoms with Gasteiger partial charge in [-0.1, -0.05) is 6.07 Å². The highest BCUT2D eigenvalue weighted by atomic mass is 16.7. The fourth-order valence-electron chi connectivity index (χ4n) is 3.70. The number of anilines is 1. The summed E-state index contributed by atoms with van der Waals surface area (Å²) in [6.45, 7) is 4.94. The highest BCUT2D eigenvalue weighted by Gasteiger charge is 2.23. The summed E-state index contributed by atoms with van der Waals surface area (Å²) in [6.07, 6.45) is 3.79. The summed E-state index contributed by atoms with van der Waals surface area (Å²) >= 11 is 0. The first-order valence-electron chi connectivity index (χ1n) is 9.92. The smallest absolute Gasteiger partial charge is 0.231 e. The van der Waals surface area contributed by atoms with E-state index in [-0.39, 0.29) is 12.7 Å². The van der Waals surface area contributed by atoms with Crippen LogP contribution < -0.4 is 14.4 Å². The van der Waals surface area contributed by atoms with Crippen LogP contribution in [0.15, 0.2) is 42.9 Å². The molecule has 30 heavy (non-hydrogen) atoms. The number of aromatic nitrogens is 4. The zero-order valence-electron chi connectivity index (χ0n) is 16.7. The Kier molecular flexibility index (Phi) is 4.70. The zero-order chi connectivity index (χ0) is 20.5. The van der Waals surface area contributed by atoms with Crippen LogP contribution in [0.4, 0.5) is 5.82 Å². The summed E-state index contributed by atoms with van der Waals surface area (Å²) in [6, 6.07) is 9.52. The number of amides is 1. The van der Waals surface area contributed by atoms with E-state index in [9.17, 15) is 4.79 Å². The lowest BCUT2D eigenvalue weighted by molar-refractivity contribution is -0.130. The molecule has 0 N–H and O–H groups in total. The number of benzene rings is 1. The highest BCUT2D eigenvalue weighted by molar-refractivity contribution is 5.79. The standard InChI is InChI=1S/C21H22N6O3/c1-15-4-5-27(24-15)20-12-19(22-13-23-20)25-6-8-26(9-7-25)21(28)11-16-2-3-17-18(10-16)30-14-29-17/h2-5,10,12-13H,6-9,11,14H2,1H3. The fourth-order valence-corrected chi connectivity index (χ4v) is 3.70. The Hall–Kier alpha value is -3.62. The number of hydrogen-bond acceptors (Lipinski definition) is 7. The molecule has 9 heteroatoms. The van der Waals surface area contributed by atoms with Gasteiger partial charge in [0.25, 0.3) is 0 Å². The summed E-state index contributed by atoms with van der Waals surface area (Å²) in [5, 5.41) is 4.40. The van der Waals surface area contributed by atoms with Gasteiger partial charge in [-0.05, 0) is 30.7 Å². The third-order valence-corrected chi connectivity index (χ3v) is 5.34. The molecule has 0 saturated carbocycles. The fraction of sp³-hybridized carbons (Fsp3) is 0.333. The van der Waals surface area contributed by atoms with E-state index in [1.807, 2.05) is 48.4 Å². The van der Waals surface area contributed by atoms with Crippen molar-refractivity contribution in [1.29, 1.82) is 0 Å². The van der Waals surface area contributed by atoms with E-state index in [0.29, 0.717) is 25.3 Å². The molecule has 3 aromatic rings. The van der Waals surface area contributed by atoms with Gasteiger partial charge in [0.15, 0.2) is 17.3 Å². The SMILES string of the molecule is Cc1ccn(-c2cc(N3CCN(C(=O)Cc4ccc5c(c4)OCO5)CC3)ncn2)n1. The van der Waals surface area contributed by atoms with Crippen molar-refractivity contribution >= 4 is 11.7 Å². The Labute approximate surface area is 173 Å². The van der Waals surface area contributed by atoms with E-state index in [0.717, 1.165) is 41.7 Å². The van der Waals surface area contributed by atoms with Crippen LogP contribution >= 0.6 is 0 Å². The molecule has 2 aromatic heterocycles. The Morgan fingerprint density at radius 2 is 1.80 bits per heavy atom.